The molecule has 25 heavy (non-hydrogen) atoms. The van der Waals surface area contributed by atoms with Crippen molar-refractivity contribution < 1.29 is 28.6 Å². The summed E-state index contributed by atoms with van der Waals surface area (Å²) >= 11 is 0. The fourth-order valence-corrected chi connectivity index (χ4v) is 3.92. The molecule has 1 saturated heterocycles. The van der Waals surface area contributed by atoms with E-state index in [2.05, 4.69) is 5.32 Å². The van der Waals surface area contributed by atoms with Crippen molar-refractivity contribution in [3.05, 3.63) is 41.7 Å². The minimum absolute atomic E-state index is 0.241. The Bertz CT molecular complexity index is 798. The molecule has 0 unspecified atom stereocenters. The van der Waals surface area contributed by atoms with Gasteiger partial charge >= 0.3 is 5.97 Å². The number of imide groups is 1. The highest BCUT2D eigenvalue weighted by Gasteiger charge is 2.74. The summed E-state index contributed by atoms with van der Waals surface area (Å²) in [6.45, 7) is 1.89. The molecule has 4 atom stereocenters. The molecule has 1 aromatic rings. The van der Waals surface area contributed by atoms with Crippen molar-refractivity contribution >= 4 is 17.8 Å². The van der Waals surface area contributed by atoms with Gasteiger partial charge in [-0.15, -0.1) is 0 Å². The quantitative estimate of drug-likeness (QED) is 0.646. The van der Waals surface area contributed by atoms with Crippen LogP contribution < -0.4 is 10.1 Å². The number of benzene rings is 1. The highest BCUT2D eigenvalue weighted by atomic mass is 16.6. The number of ether oxygens (including phenoxy) is 3. The molecule has 130 valence electrons. The van der Waals surface area contributed by atoms with Crippen molar-refractivity contribution in [2.24, 2.45) is 17.3 Å². The summed E-state index contributed by atoms with van der Waals surface area (Å²) in [6, 6.07) is 7.34. The molecule has 2 aliphatic heterocycles. The summed E-state index contributed by atoms with van der Waals surface area (Å²) in [6.07, 6.45) is 0.590. The normalized spacial score (nSPS) is 32.6. The van der Waals surface area contributed by atoms with Crippen LogP contribution in [0.15, 0.2) is 36.1 Å². The van der Waals surface area contributed by atoms with Gasteiger partial charge in [0.25, 0.3) is 0 Å². The molecule has 3 aliphatic rings. The Hall–Kier alpha value is -2.83. The molecule has 0 aromatic heterocycles. The zero-order valence-corrected chi connectivity index (χ0v) is 13.8. The maximum Gasteiger partial charge on any atom is 0.334 e. The molecule has 1 aliphatic carbocycles. The third kappa shape index (κ3) is 2.15. The maximum atomic E-state index is 12.1. The van der Waals surface area contributed by atoms with Crippen molar-refractivity contribution in [3.8, 4) is 5.75 Å². The van der Waals surface area contributed by atoms with Crippen LogP contribution in [0.4, 0.5) is 0 Å². The summed E-state index contributed by atoms with van der Waals surface area (Å²) in [5.41, 5.74) is -0.119. The van der Waals surface area contributed by atoms with Gasteiger partial charge in [-0.3, -0.25) is 14.9 Å². The third-order valence-corrected chi connectivity index (χ3v) is 5.33. The van der Waals surface area contributed by atoms with Gasteiger partial charge in [-0.1, -0.05) is 12.1 Å². The highest BCUT2D eigenvalue weighted by molar-refractivity contribution is 6.10. The average Bonchev–Trinajstić information content (AvgIpc) is 2.79. The largest absolute Gasteiger partial charge is 0.497 e. The molecule has 0 bridgehead atoms. The predicted molar refractivity (Wildman–Crippen MR) is 84.0 cm³/mol. The number of methoxy groups -OCH3 is 1. The average molecular weight is 343 g/mol. The Morgan fingerprint density at radius 1 is 1.20 bits per heavy atom. The molecule has 1 N–H and O–H groups in total. The molecule has 7 nitrogen and oxygen atoms in total. The summed E-state index contributed by atoms with van der Waals surface area (Å²) < 4.78 is 16.2. The Balaban J connectivity index is 1.54. The lowest BCUT2D eigenvalue weighted by atomic mass is 9.52. The first-order valence-corrected chi connectivity index (χ1v) is 7.98. The van der Waals surface area contributed by atoms with Crippen LogP contribution >= 0.6 is 0 Å². The molecule has 2 heterocycles. The molecular weight excluding hydrogens is 326 g/mol. The predicted octanol–water partition coefficient (Wildman–Crippen LogP) is 0.930. The van der Waals surface area contributed by atoms with Crippen LogP contribution in [0.2, 0.25) is 0 Å². The summed E-state index contributed by atoms with van der Waals surface area (Å²) in [4.78, 5) is 36.1. The van der Waals surface area contributed by atoms with Crippen LogP contribution in [-0.2, 0) is 30.5 Å². The lowest BCUT2D eigenvalue weighted by molar-refractivity contribution is -0.199. The van der Waals surface area contributed by atoms with E-state index in [1.54, 1.807) is 14.0 Å². The number of hydrogen-bond donors (Lipinski definition) is 1. The van der Waals surface area contributed by atoms with E-state index in [1.165, 1.54) is 6.08 Å². The van der Waals surface area contributed by atoms with Gasteiger partial charge in [0.15, 0.2) is 0 Å². The molecule has 0 spiro atoms. The van der Waals surface area contributed by atoms with Gasteiger partial charge in [0, 0.05) is 0 Å². The van der Waals surface area contributed by atoms with Crippen LogP contribution in [0, 0.1) is 17.3 Å². The van der Waals surface area contributed by atoms with Crippen LogP contribution in [-0.4, -0.2) is 31.0 Å². The van der Waals surface area contributed by atoms with Crippen LogP contribution in [0.1, 0.15) is 12.5 Å². The number of esters is 1. The molecule has 1 saturated carbocycles. The first kappa shape index (κ1) is 15.7. The smallest absolute Gasteiger partial charge is 0.334 e. The Kier molecular flexibility index (Phi) is 3.35. The summed E-state index contributed by atoms with van der Waals surface area (Å²) in [5, 5.41) is 2.33. The second kappa shape index (κ2) is 5.34. The lowest BCUT2D eigenvalue weighted by Crippen LogP contribution is -2.64. The van der Waals surface area contributed by atoms with Gasteiger partial charge in [-0.2, -0.15) is 0 Å². The van der Waals surface area contributed by atoms with E-state index in [4.69, 9.17) is 14.2 Å². The summed E-state index contributed by atoms with van der Waals surface area (Å²) in [7, 11) is 1.59. The van der Waals surface area contributed by atoms with Crippen molar-refractivity contribution in [1.82, 2.24) is 5.32 Å². The number of hydrogen-bond acceptors (Lipinski definition) is 6. The third-order valence-electron chi connectivity index (χ3n) is 5.33. The van der Waals surface area contributed by atoms with Crippen LogP contribution in [0.3, 0.4) is 0 Å². The van der Waals surface area contributed by atoms with E-state index in [9.17, 15) is 14.4 Å². The van der Waals surface area contributed by atoms with E-state index in [0.29, 0.717) is 5.76 Å². The minimum atomic E-state index is -1.01. The number of carbonyl (C=O) groups excluding carboxylic acids is 3. The molecule has 2 amide bonds. The van der Waals surface area contributed by atoms with Gasteiger partial charge in [-0.05, 0) is 24.6 Å². The van der Waals surface area contributed by atoms with Crippen molar-refractivity contribution in [3.63, 3.8) is 0 Å². The molecular formula is C18H17NO6. The topological polar surface area (TPSA) is 90.9 Å². The van der Waals surface area contributed by atoms with Gasteiger partial charge in [0.2, 0.25) is 11.8 Å². The zero-order chi connectivity index (χ0) is 17.8. The van der Waals surface area contributed by atoms with E-state index in [0.717, 1.165) is 11.3 Å². The van der Waals surface area contributed by atoms with E-state index in [-0.39, 0.29) is 12.5 Å². The van der Waals surface area contributed by atoms with Gasteiger partial charge in [0.05, 0.1) is 30.4 Å². The number of carbonyl (C=O) groups is 3. The van der Waals surface area contributed by atoms with Crippen LogP contribution in [0.5, 0.6) is 5.75 Å². The van der Waals surface area contributed by atoms with Crippen molar-refractivity contribution in [2.45, 2.75) is 19.6 Å². The fraction of sp³-hybridized carbons (Fsp3) is 0.389. The first-order valence-electron chi connectivity index (χ1n) is 7.98. The van der Waals surface area contributed by atoms with Gasteiger partial charge < -0.3 is 14.2 Å². The van der Waals surface area contributed by atoms with Crippen molar-refractivity contribution in [1.29, 1.82) is 0 Å². The second-order valence-electron chi connectivity index (χ2n) is 6.65. The lowest BCUT2D eigenvalue weighted by Gasteiger charge is -2.53. The number of amides is 2. The molecule has 0 radical (unpaired) electrons. The molecule has 4 rings (SSSR count). The zero-order valence-electron chi connectivity index (χ0n) is 13.8. The van der Waals surface area contributed by atoms with Crippen LogP contribution in [0.25, 0.3) is 0 Å². The summed E-state index contributed by atoms with van der Waals surface area (Å²) in [5.74, 6) is -1.16. The first-order chi connectivity index (χ1) is 11.9. The van der Waals surface area contributed by atoms with E-state index < -0.39 is 35.2 Å². The Morgan fingerprint density at radius 2 is 1.92 bits per heavy atom. The number of fused-ring (bicyclic) bond motifs is 4. The second-order valence-corrected chi connectivity index (χ2v) is 6.65. The highest BCUT2D eigenvalue weighted by Crippen LogP contribution is 2.59. The van der Waals surface area contributed by atoms with Gasteiger partial charge in [-0.25, -0.2) is 4.79 Å². The van der Waals surface area contributed by atoms with E-state index >= 15 is 0 Å². The Labute approximate surface area is 143 Å². The SMILES string of the molecule is COc1ccc(COC2=CC(=O)O[C@H]3[C@@H]2[C@H]2C(=O)NC(=O)[C@]23C)cc1. The standard InChI is InChI=1S/C18H17NO6/c1-18-14(16(21)19-17(18)22)13-11(7-12(20)25-15(13)18)24-8-9-3-5-10(23-2)6-4-9/h3-7,13-15H,8H2,1-2H3,(H,19,21,22)/t13-,14-,15-,18+/m0/s1. The molecule has 2 fully saturated rings. The molecule has 1 aromatic carbocycles. The van der Waals surface area contributed by atoms with Crippen molar-refractivity contribution in [2.75, 3.05) is 7.11 Å². The van der Waals surface area contributed by atoms with Gasteiger partial charge in [0.1, 0.15) is 24.2 Å². The monoisotopic (exact) mass is 343 g/mol. The number of nitrogens with one attached hydrogen (secondary N) is 1. The minimum Gasteiger partial charge on any atom is -0.497 e. The maximum absolute atomic E-state index is 12.1. The number of rotatable bonds is 4. The Morgan fingerprint density at radius 3 is 2.60 bits per heavy atom. The fourth-order valence-electron chi connectivity index (χ4n) is 3.92. The van der Waals surface area contributed by atoms with E-state index in [1.807, 2.05) is 24.3 Å². The molecule has 7 heteroatoms.